The zero-order valence-electron chi connectivity index (χ0n) is 23.3. The lowest BCUT2D eigenvalue weighted by atomic mass is 9.97. The molecule has 1 fully saturated rings. The molecule has 3 aromatic rings. The first-order valence-corrected chi connectivity index (χ1v) is 16.9. The van der Waals surface area contributed by atoms with Gasteiger partial charge in [-0.1, -0.05) is 52.5 Å². The number of hydrogen-bond acceptors (Lipinski definition) is 5. The van der Waals surface area contributed by atoms with Crippen molar-refractivity contribution in [1.29, 1.82) is 0 Å². The molecule has 0 aromatic heterocycles. The van der Waals surface area contributed by atoms with E-state index < -0.39 is 89.8 Å². The van der Waals surface area contributed by atoms with Crippen LogP contribution in [0.4, 0.5) is 27.6 Å². The van der Waals surface area contributed by atoms with Gasteiger partial charge in [0.2, 0.25) is 5.91 Å². The largest absolute Gasteiger partial charge is 0.498 e. The summed E-state index contributed by atoms with van der Waals surface area (Å²) in [5.41, 5.74) is -6.95. The molecule has 4 rings (SSSR count). The number of hydrogen-bond donors (Lipinski definition) is 1. The number of rotatable bonds is 10. The number of sulfone groups is 1. The molecule has 1 unspecified atom stereocenters. The van der Waals surface area contributed by atoms with Crippen molar-refractivity contribution in [1.82, 2.24) is 0 Å². The third kappa shape index (κ3) is 7.54. The molecule has 1 aliphatic carbocycles. The van der Waals surface area contributed by atoms with Crippen LogP contribution in [0.1, 0.15) is 39.9 Å². The number of alkyl halides is 5. The molecule has 252 valence electrons. The molecule has 0 bridgehead atoms. The third-order valence-corrected chi connectivity index (χ3v) is 11.8. The highest BCUT2D eigenvalue weighted by Crippen LogP contribution is 2.65. The molecule has 18 heteroatoms. The van der Waals surface area contributed by atoms with Crippen molar-refractivity contribution in [3.05, 3.63) is 96.4 Å². The molecule has 0 saturated heterocycles. The number of carbonyl (C=O) groups is 3. The van der Waals surface area contributed by atoms with E-state index >= 15 is 4.39 Å². The smallest absolute Gasteiger partial charge is 0.326 e. The van der Waals surface area contributed by atoms with Crippen LogP contribution in [-0.4, -0.2) is 41.0 Å². The van der Waals surface area contributed by atoms with Gasteiger partial charge in [0.1, 0.15) is 21.2 Å². The minimum Gasteiger partial charge on any atom is -0.326 e. The Bertz CT molecular complexity index is 1900. The molecular weight excluding hydrogens is 782 g/mol. The number of ketones is 2. The lowest BCUT2D eigenvalue weighted by Gasteiger charge is -2.15. The monoisotopic (exact) mass is 797 g/mol. The summed E-state index contributed by atoms with van der Waals surface area (Å²) >= 11 is 37.1. The Hall–Kier alpha value is -2.19. The predicted octanol–water partition coefficient (Wildman–Crippen LogP) is 8.96. The van der Waals surface area contributed by atoms with Crippen LogP contribution in [0.25, 0.3) is 0 Å². The molecule has 1 amide bonds. The second-order valence-electron chi connectivity index (χ2n) is 10.5. The second kappa shape index (κ2) is 13.6. The van der Waals surface area contributed by atoms with Gasteiger partial charge in [-0.2, -0.15) is 13.2 Å². The maximum atomic E-state index is 15.3. The fourth-order valence-corrected chi connectivity index (χ4v) is 7.26. The highest BCUT2D eigenvalue weighted by atomic mass is 35.5. The Labute approximate surface area is 294 Å². The van der Waals surface area contributed by atoms with Crippen LogP contribution >= 0.6 is 69.6 Å². The predicted molar refractivity (Wildman–Crippen MR) is 170 cm³/mol. The van der Waals surface area contributed by atoms with Crippen molar-refractivity contribution >= 4 is 103 Å². The summed E-state index contributed by atoms with van der Waals surface area (Å²) in [7, 11) is -5.96. The average molecular weight is 800 g/mol. The normalized spacial score (nSPS) is 18.0. The molecule has 0 spiro atoms. The first-order chi connectivity index (χ1) is 21.6. The Balaban J connectivity index is 1.52. The van der Waals surface area contributed by atoms with Gasteiger partial charge in [-0.05, 0) is 54.4 Å². The second-order valence-corrected chi connectivity index (χ2v) is 15.8. The summed E-state index contributed by atoms with van der Waals surface area (Å²) in [4.78, 5) is 38.6. The van der Waals surface area contributed by atoms with E-state index in [1.807, 2.05) is 0 Å². The van der Waals surface area contributed by atoms with E-state index in [1.54, 1.807) is 0 Å². The van der Waals surface area contributed by atoms with E-state index in [0.717, 1.165) is 6.07 Å². The number of halogens is 11. The van der Waals surface area contributed by atoms with Crippen molar-refractivity contribution in [3.63, 3.8) is 0 Å². The van der Waals surface area contributed by atoms with E-state index in [2.05, 4.69) is 5.32 Å². The molecule has 3 aromatic carbocycles. The zero-order valence-corrected chi connectivity index (χ0v) is 28.6. The van der Waals surface area contributed by atoms with Crippen molar-refractivity contribution in [2.75, 3.05) is 5.32 Å². The first-order valence-electron chi connectivity index (χ1n) is 13.0. The highest BCUT2D eigenvalue weighted by molar-refractivity contribution is 7.93. The van der Waals surface area contributed by atoms with Gasteiger partial charge < -0.3 is 5.32 Å². The van der Waals surface area contributed by atoms with E-state index in [4.69, 9.17) is 69.6 Å². The van der Waals surface area contributed by atoms with E-state index in [-0.39, 0.29) is 31.3 Å². The summed E-state index contributed by atoms with van der Waals surface area (Å²) in [6.07, 6.45) is -2.10. The Kier molecular flexibility index (Phi) is 10.9. The van der Waals surface area contributed by atoms with Gasteiger partial charge in [0, 0.05) is 35.6 Å². The van der Waals surface area contributed by atoms with Gasteiger partial charge >= 0.3 is 5.51 Å². The van der Waals surface area contributed by atoms with Crippen LogP contribution in [0.3, 0.4) is 0 Å². The topological polar surface area (TPSA) is 97.4 Å². The average Bonchev–Trinajstić information content (AvgIpc) is 3.56. The van der Waals surface area contributed by atoms with Crippen LogP contribution in [0, 0.1) is 17.6 Å². The molecule has 1 N–H and O–H groups in total. The fraction of sp³-hybridized carbons (Fsp3) is 0.276. The lowest BCUT2D eigenvalue weighted by Crippen LogP contribution is -2.38. The van der Waals surface area contributed by atoms with Crippen LogP contribution in [0.5, 0.6) is 0 Å². The van der Waals surface area contributed by atoms with Crippen molar-refractivity contribution < 1.29 is 44.8 Å². The number of benzene rings is 3. The quantitative estimate of drug-likeness (QED) is 0.0957. The van der Waals surface area contributed by atoms with Crippen LogP contribution < -0.4 is 5.32 Å². The van der Waals surface area contributed by atoms with Gasteiger partial charge in [-0.15, -0.1) is 23.2 Å². The highest BCUT2D eigenvalue weighted by Gasteiger charge is 2.67. The van der Waals surface area contributed by atoms with Crippen LogP contribution in [-0.2, 0) is 32.3 Å². The SMILES string of the molecule is CC(C(=O)Cc1c(F)ccc(CC(=O)c2cc(NC(=O)[C@H]3[C@H](c4cc(Cl)c(Cl)c(Cl)c4)C3(Cl)Cl)ccc2Cl)c1F)S(=O)(=O)C(F)(F)F. The molecule has 1 aliphatic rings. The molecule has 47 heavy (non-hydrogen) atoms. The summed E-state index contributed by atoms with van der Waals surface area (Å²) in [6, 6.07) is 8.26. The first kappa shape index (κ1) is 37.6. The summed E-state index contributed by atoms with van der Waals surface area (Å²) in [5.74, 6) is -7.60. The number of nitrogens with one attached hydrogen (secondary N) is 1. The van der Waals surface area contributed by atoms with Gasteiger partial charge in [-0.3, -0.25) is 14.4 Å². The zero-order chi connectivity index (χ0) is 35.4. The fourth-order valence-electron chi connectivity index (χ4n) is 4.76. The van der Waals surface area contributed by atoms with E-state index in [0.29, 0.717) is 18.6 Å². The van der Waals surface area contributed by atoms with Crippen molar-refractivity contribution in [2.45, 2.75) is 40.8 Å². The Morgan fingerprint density at radius 3 is 2.09 bits per heavy atom. The minimum atomic E-state index is -5.96. The molecule has 1 saturated carbocycles. The number of carbonyl (C=O) groups excluding carboxylic acids is 3. The molecule has 0 aliphatic heterocycles. The van der Waals surface area contributed by atoms with Crippen LogP contribution in [0.2, 0.25) is 20.1 Å². The van der Waals surface area contributed by atoms with Gasteiger partial charge in [0.05, 0.1) is 26.0 Å². The maximum Gasteiger partial charge on any atom is 0.498 e. The molecule has 0 heterocycles. The maximum absolute atomic E-state index is 15.3. The lowest BCUT2D eigenvalue weighted by molar-refractivity contribution is -0.118. The standard InChI is InChI=1S/C29H18Cl6F5NO5S/c1-11(47(45,46)29(38,39)40)21(42)10-16-20(36)5-2-12(26(16)37)8-22(43)15-9-14(3-4-17(15)30)41-27(44)24-23(28(24,34)35)13-6-18(31)25(33)19(32)7-13/h2-7,9,11,23-24H,8,10H2,1H3,(H,41,44)/t11?,23-,24+/m0/s1. The Morgan fingerprint density at radius 2 is 1.51 bits per heavy atom. The van der Waals surface area contributed by atoms with E-state index in [1.165, 1.54) is 30.3 Å². The number of anilines is 1. The van der Waals surface area contributed by atoms with Gasteiger partial charge in [0.25, 0.3) is 9.84 Å². The van der Waals surface area contributed by atoms with E-state index in [9.17, 15) is 40.4 Å². The summed E-state index contributed by atoms with van der Waals surface area (Å²) in [6.45, 7) is 0.453. The van der Waals surface area contributed by atoms with Gasteiger partial charge in [0.15, 0.2) is 11.6 Å². The Morgan fingerprint density at radius 1 is 0.915 bits per heavy atom. The number of Topliss-reactive ketones (excluding diaryl/α,β-unsaturated/α-hetero) is 2. The third-order valence-electron chi connectivity index (χ3n) is 7.45. The minimum absolute atomic E-state index is 0.0652. The summed E-state index contributed by atoms with van der Waals surface area (Å²) in [5, 5.41) is 0.145. The molecule has 3 atom stereocenters. The van der Waals surface area contributed by atoms with Crippen molar-refractivity contribution in [2.24, 2.45) is 5.92 Å². The summed E-state index contributed by atoms with van der Waals surface area (Å²) < 4.78 is 89.9. The molecule has 0 radical (unpaired) electrons. The van der Waals surface area contributed by atoms with Crippen molar-refractivity contribution in [3.8, 4) is 0 Å². The molecular formula is C29H18Cl6F5NO5S. The van der Waals surface area contributed by atoms with Gasteiger partial charge in [-0.25, -0.2) is 17.2 Å². The van der Waals surface area contributed by atoms with Crippen LogP contribution in [0.15, 0.2) is 42.5 Å². The number of amides is 1. The molecule has 6 nitrogen and oxygen atoms in total.